The third-order valence-electron chi connectivity index (χ3n) is 2.91. The maximum absolute atomic E-state index is 13.0. The predicted molar refractivity (Wildman–Crippen MR) is 75.9 cm³/mol. The molecule has 4 heteroatoms. The van der Waals surface area contributed by atoms with E-state index in [0.717, 1.165) is 15.6 Å². The molecule has 0 spiro atoms. The molecule has 0 aliphatic carbocycles. The van der Waals surface area contributed by atoms with E-state index in [2.05, 4.69) is 15.9 Å². The molecule has 0 heterocycles. The van der Waals surface area contributed by atoms with E-state index in [9.17, 15) is 8.78 Å². The minimum atomic E-state index is -0.275. The third kappa shape index (κ3) is 4.11. The van der Waals surface area contributed by atoms with Gasteiger partial charge < -0.3 is 5.73 Å². The average molecular weight is 326 g/mol. The van der Waals surface area contributed by atoms with E-state index in [1.54, 1.807) is 18.2 Å². The molecule has 0 saturated heterocycles. The van der Waals surface area contributed by atoms with Crippen molar-refractivity contribution in [1.29, 1.82) is 0 Å². The Labute approximate surface area is 119 Å². The van der Waals surface area contributed by atoms with E-state index >= 15 is 0 Å². The van der Waals surface area contributed by atoms with E-state index in [1.165, 1.54) is 24.3 Å². The molecule has 19 heavy (non-hydrogen) atoms. The molecule has 100 valence electrons. The fourth-order valence-electron chi connectivity index (χ4n) is 1.97. The topological polar surface area (TPSA) is 26.0 Å². The van der Waals surface area contributed by atoms with Crippen LogP contribution in [0.15, 0.2) is 46.9 Å². The van der Waals surface area contributed by atoms with Crippen molar-refractivity contribution in [2.75, 3.05) is 0 Å². The van der Waals surface area contributed by atoms with Crippen LogP contribution in [-0.2, 0) is 12.8 Å². The number of rotatable bonds is 4. The van der Waals surface area contributed by atoms with Gasteiger partial charge in [-0.1, -0.05) is 34.1 Å². The van der Waals surface area contributed by atoms with Crippen LogP contribution in [0.25, 0.3) is 0 Å². The van der Waals surface area contributed by atoms with Crippen LogP contribution in [0, 0.1) is 11.6 Å². The number of hydrogen-bond acceptors (Lipinski definition) is 1. The van der Waals surface area contributed by atoms with Gasteiger partial charge in [-0.05, 0) is 48.2 Å². The molecule has 1 nitrogen and oxygen atoms in total. The van der Waals surface area contributed by atoms with Crippen LogP contribution < -0.4 is 5.73 Å². The highest BCUT2D eigenvalue weighted by Gasteiger charge is 2.09. The average Bonchev–Trinajstić information content (AvgIpc) is 2.36. The summed E-state index contributed by atoms with van der Waals surface area (Å²) in [6.45, 7) is 0. The molecule has 2 aromatic carbocycles. The standard InChI is InChI=1S/C15H14BrF2N/c16-15-9-13(18)6-3-11(15)8-14(19)7-10-1-4-12(17)5-2-10/h1-6,9,14H,7-8,19H2. The molecule has 2 N–H and O–H groups in total. The van der Waals surface area contributed by atoms with Gasteiger partial charge in [-0.3, -0.25) is 0 Å². The van der Waals surface area contributed by atoms with Crippen molar-refractivity contribution in [3.05, 3.63) is 69.7 Å². The van der Waals surface area contributed by atoms with Crippen molar-refractivity contribution in [1.82, 2.24) is 0 Å². The van der Waals surface area contributed by atoms with Gasteiger partial charge in [0.15, 0.2) is 0 Å². The van der Waals surface area contributed by atoms with Gasteiger partial charge in [0.05, 0.1) is 0 Å². The monoisotopic (exact) mass is 325 g/mol. The lowest BCUT2D eigenvalue weighted by Crippen LogP contribution is -2.25. The summed E-state index contributed by atoms with van der Waals surface area (Å²) in [5.74, 6) is -0.527. The minimum Gasteiger partial charge on any atom is -0.327 e. The van der Waals surface area contributed by atoms with Gasteiger partial charge in [0.1, 0.15) is 11.6 Å². The first-order valence-electron chi connectivity index (χ1n) is 5.98. The van der Waals surface area contributed by atoms with E-state index in [0.29, 0.717) is 12.8 Å². The molecule has 2 aromatic rings. The van der Waals surface area contributed by atoms with Crippen LogP contribution in [0.5, 0.6) is 0 Å². The van der Waals surface area contributed by atoms with Crippen molar-refractivity contribution >= 4 is 15.9 Å². The van der Waals surface area contributed by atoms with Crippen LogP contribution in [0.2, 0.25) is 0 Å². The Morgan fingerprint density at radius 3 is 2.21 bits per heavy atom. The molecule has 0 aliphatic rings. The van der Waals surface area contributed by atoms with Crippen LogP contribution in [-0.4, -0.2) is 6.04 Å². The van der Waals surface area contributed by atoms with Crippen LogP contribution in [0.3, 0.4) is 0 Å². The molecule has 0 amide bonds. The second kappa shape index (κ2) is 6.26. The lowest BCUT2D eigenvalue weighted by Gasteiger charge is -2.13. The van der Waals surface area contributed by atoms with Gasteiger partial charge in [-0.2, -0.15) is 0 Å². The fraction of sp³-hybridized carbons (Fsp3) is 0.200. The molecule has 0 fully saturated rings. The molecule has 1 unspecified atom stereocenters. The van der Waals surface area contributed by atoms with Gasteiger partial charge >= 0.3 is 0 Å². The SMILES string of the molecule is NC(Cc1ccc(F)cc1)Cc1ccc(F)cc1Br. The van der Waals surface area contributed by atoms with Crippen LogP contribution in [0.1, 0.15) is 11.1 Å². The summed E-state index contributed by atoms with van der Waals surface area (Å²) in [5.41, 5.74) is 8.04. The summed E-state index contributed by atoms with van der Waals surface area (Å²) in [6, 6.07) is 10.8. The summed E-state index contributed by atoms with van der Waals surface area (Å²) in [4.78, 5) is 0. The quantitative estimate of drug-likeness (QED) is 0.908. The molecular weight excluding hydrogens is 312 g/mol. The first-order chi connectivity index (χ1) is 9.04. The smallest absolute Gasteiger partial charge is 0.124 e. The summed E-state index contributed by atoms with van der Waals surface area (Å²) < 4.78 is 26.5. The first kappa shape index (κ1) is 14.2. The highest BCUT2D eigenvalue weighted by molar-refractivity contribution is 9.10. The van der Waals surface area contributed by atoms with E-state index in [4.69, 9.17) is 5.73 Å². The molecule has 0 saturated carbocycles. The van der Waals surface area contributed by atoms with E-state index < -0.39 is 0 Å². The van der Waals surface area contributed by atoms with Gasteiger partial charge in [-0.15, -0.1) is 0 Å². The Morgan fingerprint density at radius 1 is 0.947 bits per heavy atom. The van der Waals surface area contributed by atoms with Crippen molar-refractivity contribution in [3.63, 3.8) is 0 Å². The zero-order chi connectivity index (χ0) is 13.8. The Hall–Kier alpha value is -1.26. The second-order valence-electron chi connectivity index (χ2n) is 4.53. The predicted octanol–water partition coefficient (Wildman–Crippen LogP) is 3.84. The van der Waals surface area contributed by atoms with Gasteiger partial charge in [0, 0.05) is 10.5 Å². The number of halogens is 3. The Bertz CT molecular complexity index is 555. The molecule has 0 aromatic heterocycles. The third-order valence-corrected chi connectivity index (χ3v) is 3.65. The molecule has 0 radical (unpaired) electrons. The zero-order valence-corrected chi connectivity index (χ0v) is 11.8. The van der Waals surface area contributed by atoms with Gasteiger partial charge in [-0.25, -0.2) is 8.78 Å². The maximum atomic E-state index is 13.0. The number of nitrogens with two attached hydrogens (primary N) is 1. The molecule has 2 rings (SSSR count). The number of hydrogen-bond donors (Lipinski definition) is 1. The largest absolute Gasteiger partial charge is 0.327 e. The number of benzene rings is 2. The summed E-state index contributed by atoms with van der Waals surface area (Å²) in [7, 11) is 0. The highest BCUT2D eigenvalue weighted by Crippen LogP contribution is 2.20. The molecule has 0 aliphatic heterocycles. The summed E-state index contributed by atoms with van der Waals surface area (Å²) in [6.07, 6.45) is 1.29. The lowest BCUT2D eigenvalue weighted by atomic mass is 10.00. The Morgan fingerprint density at radius 2 is 1.58 bits per heavy atom. The van der Waals surface area contributed by atoms with Crippen molar-refractivity contribution in [2.45, 2.75) is 18.9 Å². The highest BCUT2D eigenvalue weighted by atomic mass is 79.9. The van der Waals surface area contributed by atoms with Crippen LogP contribution >= 0.6 is 15.9 Å². The van der Waals surface area contributed by atoms with Crippen LogP contribution in [0.4, 0.5) is 8.78 Å². The molecular formula is C15H14BrF2N. The Kier molecular flexibility index (Phi) is 4.66. The second-order valence-corrected chi connectivity index (χ2v) is 5.38. The zero-order valence-electron chi connectivity index (χ0n) is 10.2. The van der Waals surface area contributed by atoms with Crippen molar-refractivity contribution in [2.24, 2.45) is 5.73 Å². The minimum absolute atomic E-state index is 0.0905. The normalized spacial score (nSPS) is 12.4. The van der Waals surface area contributed by atoms with E-state index in [-0.39, 0.29) is 17.7 Å². The Balaban J connectivity index is 2.01. The fourth-order valence-corrected chi connectivity index (χ4v) is 2.48. The molecule has 0 bridgehead atoms. The lowest BCUT2D eigenvalue weighted by molar-refractivity contribution is 0.619. The van der Waals surface area contributed by atoms with Gasteiger partial charge in [0.2, 0.25) is 0 Å². The molecule has 1 atom stereocenters. The van der Waals surface area contributed by atoms with E-state index in [1.807, 2.05) is 0 Å². The van der Waals surface area contributed by atoms with Crippen molar-refractivity contribution < 1.29 is 8.78 Å². The van der Waals surface area contributed by atoms with Crippen molar-refractivity contribution in [3.8, 4) is 0 Å². The summed E-state index contributed by atoms with van der Waals surface area (Å²) in [5, 5.41) is 0. The van der Waals surface area contributed by atoms with Gasteiger partial charge in [0.25, 0.3) is 0 Å². The first-order valence-corrected chi connectivity index (χ1v) is 6.78. The summed E-state index contributed by atoms with van der Waals surface area (Å²) >= 11 is 3.33. The maximum Gasteiger partial charge on any atom is 0.124 e.